The van der Waals surface area contributed by atoms with Crippen LogP contribution in [0.25, 0.3) is 0 Å². The number of hydrogen-bond acceptors (Lipinski definition) is 7. The van der Waals surface area contributed by atoms with E-state index >= 15 is 0 Å². The van der Waals surface area contributed by atoms with Gasteiger partial charge in [-0.15, -0.1) is 12.3 Å². The van der Waals surface area contributed by atoms with Crippen LogP contribution in [0.1, 0.15) is 121 Å². The summed E-state index contributed by atoms with van der Waals surface area (Å²) >= 11 is 0. The van der Waals surface area contributed by atoms with Gasteiger partial charge in [-0.2, -0.15) is 0 Å². The van der Waals surface area contributed by atoms with Crippen LogP contribution in [0.5, 0.6) is 0 Å². The van der Waals surface area contributed by atoms with Gasteiger partial charge in [0.25, 0.3) is 5.91 Å². The molecule has 278 valence electrons. The molecule has 1 heterocycles. The molecule has 49 heavy (non-hydrogen) atoms. The summed E-state index contributed by atoms with van der Waals surface area (Å²) < 4.78 is 25.6. The highest BCUT2D eigenvalue weighted by atomic mass is 32.2. The molecule has 0 radical (unpaired) electrons. The maximum atomic E-state index is 14.5. The minimum absolute atomic E-state index is 0.0537. The molecule has 5 amide bonds. The van der Waals surface area contributed by atoms with Crippen LogP contribution in [-0.4, -0.2) is 90.1 Å². The third kappa shape index (κ3) is 10.9. The number of amides is 5. The molecular weight excluding hydrogens is 646 g/mol. The number of nitrogens with zero attached hydrogens (tertiary/aromatic N) is 1. The van der Waals surface area contributed by atoms with Crippen LogP contribution in [0.2, 0.25) is 0 Å². The van der Waals surface area contributed by atoms with Gasteiger partial charge >= 0.3 is 6.03 Å². The molecule has 1 saturated heterocycles. The predicted octanol–water partition coefficient (Wildman–Crippen LogP) is 3.48. The summed E-state index contributed by atoms with van der Waals surface area (Å²) in [6.07, 6.45) is 9.63. The molecule has 0 aromatic heterocycles. The van der Waals surface area contributed by atoms with E-state index in [1.807, 2.05) is 41.5 Å². The molecule has 0 bridgehead atoms. The lowest BCUT2D eigenvalue weighted by Gasteiger charge is -2.41. The zero-order chi connectivity index (χ0) is 37.6. The van der Waals surface area contributed by atoms with Crippen molar-refractivity contribution in [2.24, 2.45) is 16.7 Å². The Morgan fingerprint density at radius 1 is 0.939 bits per heavy atom. The predicted molar refractivity (Wildman–Crippen MR) is 191 cm³/mol. The first-order valence-corrected chi connectivity index (χ1v) is 19.2. The van der Waals surface area contributed by atoms with Crippen LogP contribution >= 0.6 is 0 Å². The van der Waals surface area contributed by atoms with Gasteiger partial charge in [-0.05, 0) is 70.1 Å². The summed E-state index contributed by atoms with van der Waals surface area (Å²) in [5.41, 5.74) is -2.18. The van der Waals surface area contributed by atoms with Gasteiger partial charge < -0.3 is 26.2 Å². The monoisotopic (exact) mass is 707 g/mol. The fourth-order valence-corrected chi connectivity index (χ4v) is 8.29. The number of hydrogen-bond donors (Lipinski definition) is 4. The van der Waals surface area contributed by atoms with Crippen molar-refractivity contribution in [2.45, 2.75) is 149 Å². The molecule has 1 saturated carbocycles. The summed E-state index contributed by atoms with van der Waals surface area (Å²) in [6.45, 7) is 18.4. The van der Waals surface area contributed by atoms with E-state index in [9.17, 15) is 32.4 Å². The third-order valence-electron chi connectivity index (χ3n) is 9.81. The number of ketones is 1. The van der Waals surface area contributed by atoms with Gasteiger partial charge in [-0.1, -0.05) is 60.8 Å². The first-order chi connectivity index (χ1) is 22.4. The molecule has 2 aliphatic rings. The average Bonchev–Trinajstić information content (AvgIpc) is 3.43. The smallest absolute Gasteiger partial charge is 0.315 e. The molecule has 0 spiro atoms. The van der Waals surface area contributed by atoms with Crippen molar-refractivity contribution in [1.82, 2.24) is 26.2 Å². The Kier molecular flexibility index (Phi) is 13.9. The highest BCUT2D eigenvalue weighted by Gasteiger charge is 2.50. The Bertz CT molecular complexity index is 1380. The first-order valence-electron chi connectivity index (χ1n) is 17.6. The number of terminal acetylenes is 1. The van der Waals surface area contributed by atoms with Gasteiger partial charge in [0.2, 0.25) is 17.6 Å². The molecule has 3 unspecified atom stereocenters. The van der Waals surface area contributed by atoms with E-state index in [4.69, 9.17) is 6.42 Å². The molecule has 2 rings (SSSR count). The molecule has 2 fully saturated rings. The second-order valence-corrected chi connectivity index (χ2v) is 19.6. The van der Waals surface area contributed by atoms with E-state index in [1.165, 1.54) is 4.90 Å². The SMILES string of the molecule is C#CCCC(NC(=O)C1C(C(C)(C)C)CCN1C(=O)[C@@H](NC(=O)NC1(CS(=O)(=O)C(C)(C)C)CCCCC1)C(C)(C)C)C(=O)C(=O)NCC. The maximum absolute atomic E-state index is 14.5. The lowest BCUT2D eigenvalue weighted by molar-refractivity contribution is -0.145. The number of likely N-dealkylation sites (tertiary alicyclic amines) is 1. The zero-order valence-electron chi connectivity index (χ0n) is 31.4. The second-order valence-electron chi connectivity index (χ2n) is 16.9. The standard InChI is InChI=1S/C36H61N5O7S/c1-12-14-18-25(27(42)30(44)37-13-2)38-29(43)26-24(33(3,4)5)19-22-41(26)31(45)28(34(6,7)8)39-32(46)40-36(20-16-15-17-21-36)23-49(47,48)35(9,10)11/h1,24-26,28H,13-23H2,2-11H3,(H,37,44)(H,38,43)(H2,39,40,46)/t24?,25?,26?,28-/m1/s1. The lowest BCUT2D eigenvalue weighted by atomic mass is 9.75. The fraction of sp³-hybridized carbons (Fsp3) is 0.806. The molecule has 0 aromatic rings. The summed E-state index contributed by atoms with van der Waals surface area (Å²) in [7, 11) is -3.58. The highest BCUT2D eigenvalue weighted by Crippen LogP contribution is 2.40. The van der Waals surface area contributed by atoms with Crippen LogP contribution in [0.3, 0.4) is 0 Å². The van der Waals surface area contributed by atoms with Crippen LogP contribution in [0.4, 0.5) is 4.79 Å². The van der Waals surface area contributed by atoms with Crippen molar-refractivity contribution in [2.75, 3.05) is 18.8 Å². The topological polar surface area (TPSA) is 171 Å². The van der Waals surface area contributed by atoms with Crippen molar-refractivity contribution in [3.63, 3.8) is 0 Å². The molecule has 12 nitrogen and oxygen atoms in total. The Morgan fingerprint density at radius 3 is 2.02 bits per heavy atom. The molecule has 4 atom stereocenters. The number of carbonyl (C=O) groups excluding carboxylic acids is 5. The van der Waals surface area contributed by atoms with E-state index in [-0.39, 0.29) is 37.6 Å². The maximum Gasteiger partial charge on any atom is 0.315 e. The Morgan fingerprint density at radius 2 is 1.53 bits per heavy atom. The molecule has 13 heteroatoms. The molecule has 1 aliphatic heterocycles. The van der Waals surface area contributed by atoms with Gasteiger partial charge in [0.1, 0.15) is 12.1 Å². The minimum atomic E-state index is -3.58. The number of urea groups is 1. The molecule has 4 N–H and O–H groups in total. The molecular formula is C36H61N5O7S. The number of nitrogens with one attached hydrogen (secondary N) is 4. The van der Waals surface area contributed by atoms with Crippen molar-refractivity contribution in [3.8, 4) is 12.3 Å². The van der Waals surface area contributed by atoms with E-state index in [0.717, 1.165) is 19.3 Å². The lowest BCUT2D eigenvalue weighted by Crippen LogP contribution is -2.64. The van der Waals surface area contributed by atoms with Crippen LogP contribution in [0, 0.1) is 29.1 Å². The fourth-order valence-electron chi connectivity index (χ4n) is 6.77. The summed E-state index contributed by atoms with van der Waals surface area (Å²) in [5, 5.41) is 11.1. The van der Waals surface area contributed by atoms with E-state index < -0.39 is 78.6 Å². The Balaban J connectivity index is 2.43. The minimum Gasteiger partial charge on any atom is -0.350 e. The zero-order valence-corrected chi connectivity index (χ0v) is 32.2. The Hall–Kier alpha value is -3.14. The van der Waals surface area contributed by atoms with E-state index in [2.05, 4.69) is 27.2 Å². The molecule has 1 aliphatic carbocycles. The number of sulfone groups is 1. The normalized spacial score (nSPS) is 21.1. The second kappa shape index (κ2) is 16.3. The van der Waals surface area contributed by atoms with Gasteiger partial charge in [-0.25, -0.2) is 13.2 Å². The van der Waals surface area contributed by atoms with Gasteiger partial charge in [0.15, 0.2) is 9.84 Å². The van der Waals surface area contributed by atoms with Gasteiger partial charge in [0, 0.05) is 19.5 Å². The van der Waals surface area contributed by atoms with Gasteiger partial charge in [0.05, 0.1) is 22.1 Å². The van der Waals surface area contributed by atoms with Crippen LogP contribution in [0.15, 0.2) is 0 Å². The quantitative estimate of drug-likeness (QED) is 0.178. The van der Waals surface area contributed by atoms with E-state index in [0.29, 0.717) is 19.3 Å². The highest BCUT2D eigenvalue weighted by molar-refractivity contribution is 7.92. The molecule has 0 aromatic carbocycles. The first kappa shape index (κ1) is 42.0. The Labute approximate surface area is 294 Å². The van der Waals surface area contributed by atoms with Crippen LogP contribution < -0.4 is 21.3 Å². The van der Waals surface area contributed by atoms with E-state index in [1.54, 1.807) is 27.7 Å². The number of Topliss-reactive ketones (excluding diaryl/α,β-unsaturated/α-hetero) is 1. The number of likely N-dealkylation sites (N-methyl/N-ethyl adjacent to an activating group) is 1. The van der Waals surface area contributed by atoms with Crippen molar-refractivity contribution >= 4 is 39.4 Å². The van der Waals surface area contributed by atoms with Crippen LogP contribution in [-0.2, 0) is 29.0 Å². The number of carbonyl (C=O) groups is 5. The van der Waals surface area contributed by atoms with Crippen molar-refractivity contribution in [1.29, 1.82) is 0 Å². The third-order valence-corrected chi connectivity index (χ3v) is 12.6. The largest absolute Gasteiger partial charge is 0.350 e. The summed E-state index contributed by atoms with van der Waals surface area (Å²) in [5.74, 6) is -0.741. The van der Waals surface area contributed by atoms with Crippen molar-refractivity contribution in [3.05, 3.63) is 0 Å². The van der Waals surface area contributed by atoms with Gasteiger partial charge in [-0.3, -0.25) is 19.2 Å². The average molecular weight is 708 g/mol. The summed E-state index contributed by atoms with van der Waals surface area (Å²) in [4.78, 5) is 69.2. The van der Waals surface area contributed by atoms with Crippen molar-refractivity contribution < 1.29 is 32.4 Å². The summed E-state index contributed by atoms with van der Waals surface area (Å²) in [6, 6.07) is -3.88. The number of rotatable bonds is 12.